The fourth-order valence-corrected chi connectivity index (χ4v) is 4.93. The number of hydrogen-bond acceptors (Lipinski definition) is 4. The molecule has 0 bridgehead atoms. The highest BCUT2D eigenvalue weighted by Gasteiger charge is 2.25. The van der Waals surface area contributed by atoms with Crippen molar-refractivity contribution in [3.8, 4) is 0 Å². The number of piperidine rings is 1. The van der Waals surface area contributed by atoms with Crippen molar-refractivity contribution in [2.24, 2.45) is 0 Å². The van der Waals surface area contributed by atoms with Crippen LogP contribution in [0.3, 0.4) is 0 Å². The van der Waals surface area contributed by atoms with Crippen LogP contribution in [-0.4, -0.2) is 30.5 Å². The SMILES string of the molecule is Cc1ccc(S(=O)(=O)n2cc(C3CCNCC3)c3cnccc32)cc1. The molecule has 1 aliphatic rings. The van der Waals surface area contributed by atoms with Crippen molar-refractivity contribution in [2.75, 3.05) is 13.1 Å². The van der Waals surface area contributed by atoms with Crippen molar-refractivity contribution in [1.82, 2.24) is 14.3 Å². The number of nitrogens with one attached hydrogen (secondary N) is 1. The number of aromatic nitrogens is 2. The molecule has 25 heavy (non-hydrogen) atoms. The molecule has 1 aromatic carbocycles. The van der Waals surface area contributed by atoms with Gasteiger partial charge in [-0.05, 0) is 62.5 Å². The lowest BCUT2D eigenvalue weighted by Crippen LogP contribution is -2.26. The van der Waals surface area contributed by atoms with Gasteiger partial charge in [-0.1, -0.05) is 17.7 Å². The maximum Gasteiger partial charge on any atom is 0.268 e. The summed E-state index contributed by atoms with van der Waals surface area (Å²) in [4.78, 5) is 4.53. The summed E-state index contributed by atoms with van der Waals surface area (Å²) in [5.74, 6) is 0.363. The van der Waals surface area contributed by atoms with Gasteiger partial charge in [-0.25, -0.2) is 12.4 Å². The molecule has 130 valence electrons. The standard InChI is InChI=1S/C19H21N3O2S/c1-14-2-4-16(5-3-14)25(23,24)22-13-18(15-6-9-20-10-7-15)17-12-21-11-8-19(17)22/h2-5,8,11-13,15,20H,6-7,9-10H2,1H3. The maximum absolute atomic E-state index is 13.2. The van der Waals surface area contributed by atoms with E-state index in [2.05, 4.69) is 10.3 Å². The van der Waals surface area contributed by atoms with E-state index < -0.39 is 10.0 Å². The zero-order chi connectivity index (χ0) is 17.4. The normalized spacial score (nSPS) is 16.4. The molecule has 6 heteroatoms. The van der Waals surface area contributed by atoms with Crippen LogP contribution in [0.5, 0.6) is 0 Å². The summed E-state index contributed by atoms with van der Waals surface area (Å²) in [6.45, 7) is 3.87. The molecule has 5 nitrogen and oxygen atoms in total. The number of fused-ring (bicyclic) bond motifs is 1. The van der Waals surface area contributed by atoms with Gasteiger partial charge in [0.1, 0.15) is 0 Å². The molecule has 1 fully saturated rings. The van der Waals surface area contributed by atoms with Crippen molar-refractivity contribution in [1.29, 1.82) is 0 Å². The molecular weight excluding hydrogens is 334 g/mol. The second-order valence-corrected chi connectivity index (χ2v) is 8.43. The van der Waals surface area contributed by atoms with Gasteiger partial charge in [0.25, 0.3) is 10.0 Å². The predicted octanol–water partition coefficient (Wildman–Crippen LogP) is 3.05. The van der Waals surface area contributed by atoms with Crippen molar-refractivity contribution < 1.29 is 8.42 Å². The van der Waals surface area contributed by atoms with E-state index in [1.54, 1.807) is 36.8 Å². The second kappa shape index (κ2) is 6.28. The average molecular weight is 355 g/mol. The van der Waals surface area contributed by atoms with E-state index in [1.807, 2.05) is 19.1 Å². The molecule has 0 radical (unpaired) electrons. The third-order valence-corrected chi connectivity index (χ3v) is 6.65. The highest BCUT2D eigenvalue weighted by molar-refractivity contribution is 7.90. The lowest BCUT2D eigenvalue weighted by Gasteiger charge is -2.22. The number of rotatable bonds is 3. The Balaban J connectivity index is 1.88. The second-order valence-electron chi connectivity index (χ2n) is 6.62. The first kappa shape index (κ1) is 16.3. The van der Waals surface area contributed by atoms with Gasteiger partial charge < -0.3 is 5.32 Å². The van der Waals surface area contributed by atoms with E-state index in [0.717, 1.165) is 42.4 Å². The lowest BCUT2D eigenvalue weighted by atomic mass is 9.90. The summed E-state index contributed by atoms with van der Waals surface area (Å²) in [6, 6.07) is 8.77. The molecule has 1 saturated heterocycles. The Hall–Kier alpha value is -2.18. The predicted molar refractivity (Wildman–Crippen MR) is 98.3 cm³/mol. The Kier molecular flexibility index (Phi) is 4.09. The minimum absolute atomic E-state index is 0.309. The molecule has 3 aromatic rings. The van der Waals surface area contributed by atoms with Crippen LogP contribution in [0.2, 0.25) is 0 Å². The first-order valence-electron chi connectivity index (χ1n) is 8.55. The lowest BCUT2D eigenvalue weighted by molar-refractivity contribution is 0.462. The molecule has 0 atom stereocenters. The van der Waals surface area contributed by atoms with Crippen LogP contribution in [0.25, 0.3) is 10.9 Å². The highest BCUT2D eigenvalue weighted by Crippen LogP contribution is 2.34. The van der Waals surface area contributed by atoms with Crippen molar-refractivity contribution >= 4 is 20.9 Å². The topological polar surface area (TPSA) is 64.0 Å². The van der Waals surface area contributed by atoms with Crippen molar-refractivity contribution in [2.45, 2.75) is 30.6 Å². The molecule has 4 rings (SSSR count). The van der Waals surface area contributed by atoms with Gasteiger partial charge in [0, 0.05) is 24.0 Å². The summed E-state index contributed by atoms with van der Waals surface area (Å²) in [5.41, 5.74) is 2.82. The fraction of sp³-hybridized carbons (Fsp3) is 0.316. The Morgan fingerprint density at radius 1 is 1.12 bits per heavy atom. The molecular formula is C19H21N3O2S. The monoisotopic (exact) mass is 355 g/mol. The molecule has 0 saturated carbocycles. The van der Waals surface area contributed by atoms with E-state index in [-0.39, 0.29) is 0 Å². The van der Waals surface area contributed by atoms with Gasteiger partial charge in [0.05, 0.1) is 10.4 Å². The van der Waals surface area contributed by atoms with Crippen LogP contribution in [-0.2, 0) is 10.0 Å². The zero-order valence-electron chi connectivity index (χ0n) is 14.1. The molecule has 0 amide bonds. The first-order valence-corrected chi connectivity index (χ1v) is 9.99. The van der Waals surface area contributed by atoms with E-state index in [9.17, 15) is 8.42 Å². The van der Waals surface area contributed by atoms with Gasteiger partial charge in [-0.3, -0.25) is 4.98 Å². The molecule has 1 aliphatic heterocycles. The summed E-state index contributed by atoms with van der Waals surface area (Å²) in [6.07, 6.45) is 7.26. The minimum atomic E-state index is -3.63. The fourth-order valence-electron chi connectivity index (χ4n) is 3.55. The van der Waals surface area contributed by atoms with E-state index in [1.165, 1.54) is 3.97 Å². The molecule has 0 aliphatic carbocycles. The number of pyridine rings is 1. The van der Waals surface area contributed by atoms with Crippen molar-refractivity contribution in [3.63, 3.8) is 0 Å². The van der Waals surface area contributed by atoms with Crippen LogP contribution in [0.1, 0.15) is 29.9 Å². The van der Waals surface area contributed by atoms with Gasteiger partial charge in [0.2, 0.25) is 0 Å². The number of hydrogen-bond donors (Lipinski definition) is 1. The summed E-state index contributed by atoms with van der Waals surface area (Å²) >= 11 is 0. The van der Waals surface area contributed by atoms with Gasteiger partial charge >= 0.3 is 0 Å². The van der Waals surface area contributed by atoms with Crippen LogP contribution in [0.4, 0.5) is 0 Å². The molecule has 2 aromatic heterocycles. The zero-order valence-corrected chi connectivity index (χ0v) is 15.0. The first-order chi connectivity index (χ1) is 12.1. The third-order valence-electron chi connectivity index (χ3n) is 4.96. The Morgan fingerprint density at radius 3 is 2.56 bits per heavy atom. The highest BCUT2D eigenvalue weighted by atomic mass is 32.2. The summed E-state index contributed by atoms with van der Waals surface area (Å²) < 4.78 is 27.8. The van der Waals surface area contributed by atoms with E-state index in [0.29, 0.717) is 16.3 Å². The third kappa shape index (κ3) is 2.85. The molecule has 3 heterocycles. The van der Waals surface area contributed by atoms with Crippen molar-refractivity contribution in [3.05, 3.63) is 60.0 Å². The van der Waals surface area contributed by atoms with Gasteiger partial charge in [0.15, 0.2) is 0 Å². The van der Waals surface area contributed by atoms with Crippen LogP contribution >= 0.6 is 0 Å². The van der Waals surface area contributed by atoms with Crippen LogP contribution in [0.15, 0.2) is 53.8 Å². The largest absolute Gasteiger partial charge is 0.317 e. The Labute approximate surface area is 147 Å². The smallest absolute Gasteiger partial charge is 0.268 e. The Morgan fingerprint density at radius 2 is 1.84 bits per heavy atom. The van der Waals surface area contributed by atoms with Crippen LogP contribution in [0, 0.1) is 6.92 Å². The Bertz CT molecular complexity index is 1000. The number of benzene rings is 1. The average Bonchev–Trinajstić information content (AvgIpc) is 3.03. The quantitative estimate of drug-likeness (QED) is 0.784. The molecule has 1 N–H and O–H groups in total. The maximum atomic E-state index is 13.2. The molecule has 0 unspecified atom stereocenters. The summed E-state index contributed by atoms with van der Waals surface area (Å²) in [5, 5.41) is 4.30. The molecule has 0 spiro atoms. The van der Waals surface area contributed by atoms with E-state index in [4.69, 9.17) is 0 Å². The summed E-state index contributed by atoms with van der Waals surface area (Å²) in [7, 11) is -3.63. The van der Waals surface area contributed by atoms with Gasteiger partial charge in [-0.2, -0.15) is 0 Å². The van der Waals surface area contributed by atoms with Crippen LogP contribution < -0.4 is 5.32 Å². The van der Waals surface area contributed by atoms with E-state index >= 15 is 0 Å². The number of aryl methyl sites for hydroxylation is 1. The number of nitrogens with zero attached hydrogens (tertiary/aromatic N) is 2. The van der Waals surface area contributed by atoms with Gasteiger partial charge in [-0.15, -0.1) is 0 Å². The minimum Gasteiger partial charge on any atom is -0.317 e.